The zero-order chi connectivity index (χ0) is 19.2. The molecule has 0 fully saturated rings. The Bertz CT molecular complexity index is 876. The minimum atomic E-state index is -0.538. The van der Waals surface area contributed by atoms with Crippen molar-refractivity contribution in [1.29, 1.82) is 0 Å². The molecule has 0 aliphatic carbocycles. The average molecular weight is 366 g/mol. The summed E-state index contributed by atoms with van der Waals surface area (Å²) in [5, 5.41) is 0. The van der Waals surface area contributed by atoms with Crippen LogP contribution in [0.5, 0.6) is 5.75 Å². The predicted molar refractivity (Wildman–Crippen MR) is 105 cm³/mol. The number of anilines is 2. The van der Waals surface area contributed by atoms with Gasteiger partial charge in [0.05, 0.1) is 25.1 Å². The van der Waals surface area contributed by atoms with Crippen molar-refractivity contribution in [2.24, 2.45) is 5.73 Å². The molecule has 1 heterocycles. The molecule has 1 aliphatic rings. The number of amides is 2. The summed E-state index contributed by atoms with van der Waals surface area (Å²) in [5.74, 6) is 0.489. The summed E-state index contributed by atoms with van der Waals surface area (Å²) in [4.78, 5) is 24.7. The van der Waals surface area contributed by atoms with Crippen LogP contribution in [-0.4, -0.2) is 25.7 Å². The molecule has 0 aromatic heterocycles. The van der Waals surface area contributed by atoms with Gasteiger partial charge in [0.1, 0.15) is 5.75 Å². The number of nitrogens with zero attached hydrogens (tertiary/aromatic N) is 1. The van der Waals surface area contributed by atoms with E-state index in [4.69, 9.17) is 10.5 Å². The van der Waals surface area contributed by atoms with Crippen molar-refractivity contribution < 1.29 is 19.1 Å². The quantitative estimate of drug-likeness (QED) is 0.616. The van der Waals surface area contributed by atoms with Crippen LogP contribution in [-0.2, 0) is 9.53 Å². The van der Waals surface area contributed by atoms with Crippen LogP contribution in [0.2, 0.25) is 0 Å². The van der Waals surface area contributed by atoms with Gasteiger partial charge in [0, 0.05) is 12.0 Å². The molecule has 6 heteroatoms. The zero-order valence-corrected chi connectivity index (χ0v) is 15.2. The highest BCUT2D eigenvalue weighted by molar-refractivity contribution is 6.05. The molecular weight excluding hydrogens is 344 g/mol. The van der Waals surface area contributed by atoms with Crippen LogP contribution < -0.4 is 15.4 Å². The van der Waals surface area contributed by atoms with E-state index in [9.17, 15) is 9.59 Å². The first-order valence-electron chi connectivity index (χ1n) is 8.80. The van der Waals surface area contributed by atoms with Crippen LogP contribution in [0.1, 0.15) is 30.4 Å². The Morgan fingerprint density at radius 1 is 1.00 bits per heavy atom. The topological polar surface area (TPSA) is 81.9 Å². The molecule has 2 aromatic carbocycles. The van der Waals surface area contributed by atoms with E-state index in [1.165, 1.54) is 12.0 Å². The number of unbranched alkanes of at least 4 members (excludes halogenated alkanes) is 1. The van der Waals surface area contributed by atoms with Gasteiger partial charge in [0.2, 0.25) is 0 Å². The SMILES string of the molecule is COC(=O)CCCCOc1ccc2c(c1)C=Cc1ccccc1N2C(N)=O. The average Bonchev–Trinajstić information content (AvgIpc) is 2.84. The maximum absolute atomic E-state index is 12.1. The Morgan fingerprint density at radius 3 is 2.52 bits per heavy atom. The van der Waals surface area contributed by atoms with E-state index in [-0.39, 0.29) is 5.97 Å². The summed E-state index contributed by atoms with van der Waals surface area (Å²) < 4.78 is 10.4. The van der Waals surface area contributed by atoms with E-state index in [0.717, 1.165) is 23.2 Å². The lowest BCUT2D eigenvalue weighted by molar-refractivity contribution is -0.140. The molecule has 1 aliphatic heterocycles. The molecule has 27 heavy (non-hydrogen) atoms. The molecule has 0 radical (unpaired) electrons. The van der Waals surface area contributed by atoms with Gasteiger partial charge in [-0.3, -0.25) is 9.69 Å². The van der Waals surface area contributed by atoms with Gasteiger partial charge < -0.3 is 15.2 Å². The van der Waals surface area contributed by atoms with Crippen LogP contribution in [0, 0.1) is 0 Å². The zero-order valence-electron chi connectivity index (χ0n) is 15.2. The van der Waals surface area contributed by atoms with E-state index in [2.05, 4.69) is 4.74 Å². The Balaban J connectivity index is 1.75. The highest BCUT2D eigenvalue weighted by atomic mass is 16.5. The van der Waals surface area contributed by atoms with Crippen molar-refractivity contribution in [3.63, 3.8) is 0 Å². The minimum absolute atomic E-state index is 0.212. The highest BCUT2D eigenvalue weighted by Crippen LogP contribution is 2.37. The summed E-state index contributed by atoms with van der Waals surface area (Å²) in [6, 6.07) is 12.6. The maximum Gasteiger partial charge on any atom is 0.323 e. The van der Waals surface area contributed by atoms with E-state index < -0.39 is 6.03 Å². The van der Waals surface area contributed by atoms with E-state index in [0.29, 0.717) is 30.9 Å². The summed E-state index contributed by atoms with van der Waals surface area (Å²) in [6.45, 7) is 0.499. The fourth-order valence-corrected chi connectivity index (χ4v) is 3.00. The lowest BCUT2D eigenvalue weighted by Crippen LogP contribution is -2.32. The lowest BCUT2D eigenvalue weighted by atomic mass is 10.1. The number of ether oxygens (including phenoxy) is 2. The number of primary amides is 1. The van der Waals surface area contributed by atoms with Gasteiger partial charge in [-0.25, -0.2) is 4.79 Å². The molecule has 0 atom stereocenters. The molecule has 0 bridgehead atoms. The first kappa shape index (κ1) is 18.5. The van der Waals surface area contributed by atoms with Gasteiger partial charge >= 0.3 is 12.0 Å². The van der Waals surface area contributed by atoms with Crippen LogP contribution in [0.4, 0.5) is 16.2 Å². The number of para-hydroxylation sites is 1. The normalized spacial score (nSPS) is 12.0. The second kappa shape index (κ2) is 8.40. The Morgan fingerprint density at radius 2 is 1.74 bits per heavy atom. The number of esters is 1. The Kier molecular flexibility index (Phi) is 5.76. The van der Waals surface area contributed by atoms with E-state index >= 15 is 0 Å². The van der Waals surface area contributed by atoms with Gasteiger partial charge in [-0.05, 0) is 42.7 Å². The van der Waals surface area contributed by atoms with Crippen LogP contribution in [0.15, 0.2) is 42.5 Å². The molecule has 2 N–H and O–H groups in total. The van der Waals surface area contributed by atoms with Crippen molar-refractivity contribution in [2.45, 2.75) is 19.3 Å². The second-order valence-electron chi connectivity index (χ2n) is 6.17. The number of carbonyl (C=O) groups is 2. The fourth-order valence-electron chi connectivity index (χ4n) is 3.00. The number of carbonyl (C=O) groups excluding carboxylic acids is 2. The molecule has 3 rings (SSSR count). The largest absolute Gasteiger partial charge is 0.494 e. The molecule has 0 spiro atoms. The van der Waals surface area contributed by atoms with Crippen molar-refractivity contribution in [2.75, 3.05) is 18.6 Å². The van der Waals surface area contributed by atoms with E-state index in [1.54, 1.807) is 0 Å². The molecule has 140 valence electrons. The summed E-state index contributed by atoms with van der Waals surface area (Å²) in [6.07, 6.45) is 5.75. The van der Waals surface area contributed by atoms with Gasteiger partial charge in [-0.1, -0.05) is 30.4 Å². The number of rotatable bonds is 6. The molecule has 0 saturated carbocycles. The molecule has 0 unspecified atom stereocenters. The van der Waals surface area contributed by atoms with Gasteiger partial charge in [0.15, 0.2) is 0 Å². The maximum atomic E-state index is 12.1. The Hall–Kier alpha value is -3.28. The summed E-state index contributed by atoms with van der Waals surface area (Å²) >= 11 is 0. The standard InChI is InChI=1S/C21H22N2O4/c1-26-20(24)8-4-5-13-27-17-11-12-19-16(14-17)10-9-15-6-2-3-7-18(15)23(19)21(22)25/h2-3,6-7,9-12,14H,4-5,8,13H2,1H3,(H2,22,25). The summed E-state index contributed by atoms with van der Waals surface area (Å²) in [7, 11) is 1.38. The minimum Gasteiger partial charge on any atom is -0.494 e. The number of urea groups is 1. The molecule has 6 nitrogen and oxygen atoms in total. The third kappa shape index (κ3) is 4.28. The Labute approximate surface area is 158 Å². The molecule has 0 saturated heterocycles. The van der Waals surface area contributed by atoms with Crippen LogP contribution in [0.25, 0.3) is 12.2 Å². The smallest absolute Gasteiger partial charge is 0.323 e. The number of methoxy groups -OCH3 is 1. The number of hydrogen-bond acceptors (Lipinski definition) is 4. The number of nitrogens with two attached hydrogens (primary N) is 1. The monoisotopic (exact) mass is 366 g/mol. The lowest BCUT2D eigenvalue weighted by Gasteiger charge is -2.23. The van der Waals surface area contributed by atoms with Crippen molar-refractivity contribution in [1.82, 2.24) is 0 Å². The molecule has 2 amide bonds. The third-order valence-corrected chi connectivity index (χ3v) is 4.35. The highest BCUT2D eigenvalue weighted by Gasteiger charge is 2.22. The molecular formula is C21H22N2O4. The first-order chi connectivity index (χ1) is 13.1. The number of fused-ring (bicyclic) bond motifs is 2. The van der Waals surface area contributed by atoms with Crippen LogP contribution in [0.3, 0.4) is 0 Å². The fraction of sp³-hybridized carbons (Fsp3) is 0.238. The van der Waals surface area contributed by atoms with Gasteiger partial charge in [-0.15, -0.1) is 0 Å². The van der Waals surface area contributed by atoms with Crippen molar-refractivity contribution in [3.8, 4) is 5.75 Å². The number of hydrogen-bond donors (Lipinski definition) is 1. The predicted octanol–water partition coefficient (Wildman–Crippen LogP) is 4.11. The van der Waals surface area contributed by atoms with E-state index in [1.807, 2.05) is 54.6 Å². The van der Waals surface area contributed by atoms with Crippen molar-refractivity contribution in [3.05, 3.63) is 53.6 Å². The van der Waals surface area contributed by atoms with Crippen molar-refractivity contribution >= 4 is 35.5 Å². The third-order valence-electron chi connectivity index (χ3n) is 4.35. The van der Waals surface area contributed by atoms with Gasteiger partial charge in [0.25, 0.3) is 0 Å². The summed E-state index contributed by atoms with van der Waals surface area (Å²) in [5.41, 5.74) is 8.86. The second-order valence-corrected chi connectivity index (χ2v) is 6.17. The molecule has 2 aromatic rings. The first-order valence-corrected chi connectivity index (χ1v) is 8.80. The van der Waals surface area contributed by atoms with Crippen LogP contribution >= 0.6 is 0 Å². The van der Waals surface area contributed by atoms with Gasteiger partial charge in [-0.2, -0.15) is 0 Å². The number of benzene rings is 2.